The van der Waals surface area contributed by atoms with Gasteiger partial charge in [0.05, 0.1) is 25.4 Å². The van der Waals surface area contributed by atoms with Gasteiger partial charge in [0.25, 0.3) is 0 Å². The number of carbonyl (C=O) groups excluding carboxylic acids is 1. The number of amides is 1. The molecule has 59 heavy (non-hydrogen) atoms. The molecule has 0 saturated heterocycles. The Kier molecular flexibility index (Phi) is 43.9. The standard InChI is InChI=1S/C50H91N2O6P/c1-3-5-7-9-11-13-15-17-19-21-23-24-26-27-29-31-33-35-37-39-41-43-49(53)48(47-58-59(55,56)57-46-45-51)52-50(54)44-42-40-38-36-34-32-30-28-25-22-20-18-16-14-12-10-8-6-4-2/h6,8,12,14,18,20,25,28,32,34,38,40,48-49,53H,3-5,7,9-11,13,15-17,19,21-24,26-27,29-31,33,35-37,39,41-47,51H2,1-2H3,(H,52,54)(H,55,56)/b8-6-,14-12-,20-18-,28-25-,34-32-,40-38-. The van der Waals surface area contributed by atoms with Crippen molar-refractivity contribution in [3.8, 4) is 0 Å². The van der Waals surface area contributed by atoms with Crippen molar-refractivity contribution in [1.82, 2.24) is 5.32 Å². The average molecular weight is 847 g/mol. The van der Waals surface area contributed by atoms with Crippen LogP contribution in [0.25, 0.3) is 0 Å². The Balaban J connectivity index is 4.21. The van der Waals surface area contributed by atoms with Crippen molar-refractivity contribution in [1.29, 1.82) is 0 Å². The summed E-state index contributed by atoms with van der Waals surface area (Å²) >= 11 is 0. The van der Waals surface area contributed by atoms with E-state index in [-0.39, 0.29) is 32.1 Å². The molecule has 5 N–H and O–H groups in total. The van der Waals surface area contributed by atoms with Crippen molar-refractivity contribution in [2.24, 2.45) is 5.73 Å². The minimum atomic E-state index is -4.34. The monoisotopic (exact) mass is 847 g/mol. The van der Waals surface area contributed by atoms with Gasteiger partial charge in [-0.25, -0.2) is 4.57 Å². The van der Waals surface area contributed by atoms with Crippen LogP contribution in [0.3, 0.4) is 0 Å². The first-order valence-corrected chi connectivity index (χ1v) is 25.5. The Morgan fingerprint density at radius 2 is 0.949 bits per heavy atom. The Bertz CT molecular complexity index is 1150. The molecule has 0 heterocycles. The summed E-state index contributed by atoms with van der Waals surface area (Å²) in [5, 5.41) is 13.8. The van der Waals surface area contributed by atoms with E-state index in [1.165, 1.54) is 116 Å². The second kappa shape index (κ2) is 45.5. The van der Waals surface area contributed by atoms with Gasteiger partial charge < -0.3 is 21.1 Å². The van der Waals surface area contributed by atoms with Crippen LogP contribution >= 0.6 is 7.82 Å². The van der Waals surface area contributed by atoms with E-state index in [0.29, 0.717) is 12.8 Å². The van der Waals surface area contributed by atoms with Crippen LogP contribution in [0.5, 0.6) is 0 Å². The predicted molar refractivity (Wildman–Crippen MR) is 253 cm³/mol. The lowest BCUT2D eigenvalue weighted by Gasteiger charge is -2.25. The van der Waals surface area contributed by atoms with Gasteiger partial charge in [-0.1, -0.05) is 222 Å². The molecule has 0 saturated carbocycles. The van der Waals surface area contributed by atoms with Gasteiger partial charge in [-0.3, -0.25) is 13.8 Å². The molecule has 0 aliphatic rings. The van der Waals surface area contributed by atoms with Gasteiger partial charge in [-0.15, -0.1) is 0 Å². The molecule has 9 heteroatoms. The Morgan fingerprint density at radius 3 is 1.34 bits per heavy atom. The fourth-order valence-corrected chi connectivity index (χ4v) is 7.51. The number of nitrogens with one attached hydrogen (secondary N) is 1. The van der Waals surface area contributed by atoms with Gasteiger partial charge in [-0.05, 0) is 51.4 Å². The lowest BCUT2D eigenvalue weighted by atomic mass is 10.0. The molecule has 0 aromatic carbocycles. The normalized spacial score (nSPS) is 14.6. The van der Waals surface area contributed by atoms with E-state index < -0.39 is 20.0 Å². The number of aliphatic hydroxyl groups excluding tert-OH is 1. The van der Waals surface area contributed by atoms with Gasteiger partial charge in [0.15, 0.2) is 0 Å². The third-order valence-corrected chi connectivity index (χ3v) is 11.3. The summed E-state index contributed by atoms with van der Waals surface area (Å²) < 4.78 is 22.2. The van der Waals surface area contributed by atoms with Gasteiger partial charge in [0, 0.05) is 13.0 Å². The molecule has 0 spiro atoms. The second-order valence-electron chi connectivity index (χ2n) is 15.9. The number of phosphoric ester groups is 1. The van der Waals surface area contributed by atoms with Crippen LogP contribution in [0, 0.1) is 0 Å². The highest BCUT2D eigenvalue weighted by Gasteiger charge is 2.27. The van der Waals surface area contributed by atoms with Crippen LogP contribution in [0.4, 0.5) is 0 Å². The quantitative estimate of drug-likeness (QED) is 0.0273. The lowest BCUT2D eigenvalue weighted by Crippen LogP contribution is -2.46. The van der Waals surface area contributed by atoms with Crippen LogP contribution in [0.2, 0.25) is 0 Å². The molecule has 0 aromatic heterocycles. The largest absolute Gasteiger partial charge is 0.472 e. The number of carbonyl (C=O) groups is 1. The Hall–Kier alpha value is -2.06. The zero-order chi connectivity index (χ0) is 43.2. The molecular formula is C50H91N2O6P. The van der Waals surface area contributed by atoms with E-state index in [1.54, 1.807) is 0 Å². The minimum Gasteiger partial charge on any atom is -0.391 e. The van der Waals surface area contributed by atoms with Gasteiger partial charge in [0.2, 0.25) is 5.91 Å². The van der Waals surface area contributed by atoms with E-state index in [9.17, 15) is 19.4 Å². The van der Waals surface area contributed by atoms with Gasteiger partial charge in [-0.2, -0.15) is 0 Å². The van der Waals surface area contributed by atoms with E-state index in [4.69, 9.17) is 14.8 Å². The molecule has 0 rings (SSSR count). The highest BCUT2D eigenvalue weighted by molar-refractivity contribution is 7.47. The van der Waals surface area contributed by atoms with Crippen LogP contribution in [0.15, 0.2) is 72.9 Å². The zero-order valence-electron chi connectivity index (χ0n) is 38.0. The maximum absolute atomic E-state index is 12.8. The summed E-state index contributed by atoms with van der Waals surface area (Å²) in [5.74, 6) is -0.244. The molecule has 0 radical (unpaired) electrons. The van der Waals surface area contributed by atoms with Crippen molar-refractivity contribution in [3.63, 3.8) is 0 Å². The first kappa shape index (κ1) is 56.9. The molecule has 0 bridgehead atoms. The van der Waals surface area contributed by atoms with Crippen LogP contribution in [-0.2, 0) is 18.4 Å². The van der Waals surface area contributed by atoms with Crippen LogP contribution < -0.4 is 11.1 Å². The van der Waals surface area contributed by atoms with Gasteiger partial charge in [0.1, 0.15) is 0 Å². The molecule has 0 aliphatic carbocycles. The maximum Gasteiger partial charge on any atom is 0.472 e. The van der Waals surface area contributed by atoms with Crippen molar-refractivity contribution in [2.75, 3.05) is 19.8 Å². The molecule has 0 fully saturated rings. The van der Waals surface area contributed by atoms with Crippen molar-refractivity contribution in [2.45, 2.75) is 219 Å². The fourth-order valence-electron chi connectivity index (χ4n) is 6.75. The van der Waals surface area contributed by atoms with Crippen LogP contribution in [-0.4, -0.2) is 47.8 Å². The summed E-state index contributed by atoms with van der Waals surface area (Å²) in [6.07, 6.45) is 59.4. The summed E-state index contributed by atoms with van der Waals surface area (Å²) in [7, 11) is -4.34. The molecule has 3 atom stereocenters. The topological polar surface area (TPSA) is 131 Å². The number of rotatable bonds is 44. The predicted octanol–water partition coefficient (Wildman–Crippen LogP) is 14.0. The SMILES string of the molecule is CC/C=C\C/C=C\C/C=C\C/C=C\C/C=C\C/C=C\CCC(=O)NC(COP(=O)(O)OCCN)C(O)CCCCCCCCCCCCCCCCCCCCCCC. The Morgan fingerprint density at radius 1 is 0.576 bits per heavy atom. The van der Waals surface area contributed by atoms with Gasteiger partial charge >= 0.3 is 7.82 Å². The average Bonchev–Trinajstić information content (AvgIpc) is 3.22. The number of allylic oxidation sites excluding steroid dienone is 12. The molecule has 1 amide bonds. The van der Waals surface area contributed by atoms with Crippen LogP contribution in [0.1, 0.15) is 206 Å². The van der Waals surface area contributed by atoms with Crippen molar-refractivity contribution < 1.29 is 28.4 Å². The number of hydrogen-bond donors (Lipinski definition) is 4. The number of nitrogens with two attached hydrogens (primary N) is 1. The summed E-state index contributed by atoms with van der Waals surface area (Å²) in [6.45, 7) is 4.04. The number of hydrogen-bond acceptors (Lipinski definition) is 6. The minimum absolute atomic E-state index is 0.0742. The van der Waals surface area contributed by atoms with E-state index in [1.807, 2.05) is 12.2 Å². The zero-order valence-corrected chi connectivity index (χ0v) is 38.9. The molecule has 0 aromatic rings. The molecule has 8 nitrogen and oxygen atoms in total. The first-order chi connectivity index (χ1) is 28.9. The van der Waals surface area contributed by atoms with E-state index >= 15 is 0 Å². The lowest BCUT2D eigenvalue weighted by molar-refractivity contribution is -0.123. The third-order valence-electron chi connectivity index (χ3n) is 10.3. The summed E-state index contributed by atoms with van der Waals surface area (Å²) in [5.41, 5.74) is 5.39. The van der Waals surface area contributed by atoms with E-state index in [0.717, 1.165) is 57.8 Å². The maximum atomic E-state index is 12.8. The molecule has 342 valence electrons. The van der Waals surface area contributed by atoms with E-state index in [2.05, 4.69) is 79.9 Å². The Labute approximate surface area is 363 Å². The first-order valence-electron chi connectivity index (χ1n) is 24.1. The smallest absolute Gasteiger partial charge is 0.391 e. The molecular weight excluding hydrogens is 756 g/mol. The second-order valence-corrected chi connectivity index (χ2v) is 17.4. The fraction of sp³-hybridized carbons (Fsp3) is 0.740. The number of unbranched alkanes of at least 4 members (excludes halogenated alkanes) is 20. The molecule has 3 unspecified atom stereocenters. The highest BCUT2D eigenvalue weighted by Crippen LogP contribution is 2.43. The summed E-state index contributed by atoms with van der Waals surface area (Å²) in [4.78, 5) is 22.8. The molecule has 0 aliphatic heterocycles. The van der Waals surface area contributed by atoms with Crippen molar-refractivity contribution >= 4 is 13.7 Å². The van der Waals surface area contributed by atoms with Crippen molar-refractivity contribution in [3.05, 3.63) is 72.9 Å². The number of phosphoric acid groups is 1. The summed E-state index contributed by atoms with van der Waals surface area (Å²) in [6, 6.07) is -0.820. The third kappa shape index (κ3) is 43.8. The number of aliphatic hydroxyl groups is 1. The highest BCUT2D eigenvalue weighted by atomic mass is 31.2.